The Morgan fingerprint density at radius 3 is 2.29 bits per heavy atom. The molecule has 1 aromatic carbocycles. The number of hydrogen-bond acceptors (Lipinski definition) is 7. The van der Waals surface area contributed by atoms with E-state index in [0.717, 1.165) is 52.0 Å². The second-order valence-electron chi connectivity index (χ2n) is 10.1. The predicted molar refractivity (Wildman–Crippen MR) is 132 cm³/mol. The number of aromatic hydroxyl groups is 2. The number of morpholine rings is 1. The smallest absolute Gasteiger partial charge is 0.257 e. The van der Waals surface area contributed by atoms with Crippen molar-refractivity contribution in [1.29, 1.82) is 5.41 Å². The summed E-state index contributed by atoms with van der Waals surface area (Å²) in [4.78, 5) is 17.0. The summed E-state index contributed by atoms with van der Waals surface area (Å²) in [6.45, 7) is 11.0. The van der Waals surface area contributed by atoms with E-state index in [1.165, 1.54) is 6.07 Å². The number of nitrogens with two attached hydrogens (primary N) is 1. The molecule has 1 aliphatic carbocycles. The maximum atomic E-state index is 12.9. The van der Waals surface area contributed by atoms with Crippen LogP contribution in [-0.2, 0) is 9.53 Å². The third-order valence-corrected chi connectivity index (χ3v) is 6.90. The lowest BCUT2D eigenvalue weighted by Gasteiger charge is -2.44. The lowest BCUT2D eigenvalue weighted by atomic mass is 9.88. The van der Waals surface area contributed by atoms with Crippen molar-refractivity contribution in [3.05, 3.63) is 23.3 Å². The number of phenolic OH excluding ortho intramolecular Hbond substituents is 2. The van der Waals surface area contributed by atoms with Gasteiger partial charge < -0.3 is 30.9 Å². The highest BCUT2D eigenvalue weighted by molar-refractivity contribution is 6.01. The first-order valence-electron chi connectivity index (χ1n) is 12.4. The third-order valence-electron chi connectivity index (χ3n) is 6.90. The molecular formula is C25H41N5O4. The number of phenols is 2. The maximum absolute atomic E-state index is 12.9. The van der Waals surface area contributed by atoms with Gasteiger partial charge in [-0.1, -0.05) is 13.8 Å². The topological polar surface area (TPSA) is 135 Å². The Labute approximate surface area is 202 Å². The van der Waals surface area contributed by atoms with Crippen LogP contribution in [0.1, 0.15) is 70.4 Å². The van der Waals surface area contributed by atoms with E-state index in [9.17, 15) is 15.0 Å². The van der Waals surface area contributed by atoms with E-state index in [-0.39, 0.29) is 46.8 Å². The molecule has 1 aliphatic heterocycles. The van der Waals surface area contributed by atoms with Crippen molar-refractivity contribution in [3.8, 4) is 11.5 Å². The van der Waals surface area contributed by atoms with Crippen LogP contribution in [0.3, 0.4) is 0 Å². The summed E-state index contributed by atoms with van der Waals surface area (Å²) in [5.74, 6) is -0.556. The molecule has 1 heterocycles. The number of rotatable bonds is 7. The normalized spacial score (nSPS) is 22.6. The van der Waals surface area contributed by atoms with Gasteiger partial charge in [-0.15, -0.1) is 0 Å². The Morgan fingerprint density at radius 2 is 1.74 bits per heavy atom. The van der Waals surface area contributed by atoms with Crippen molar-refractivity contribution >= 4 is 11.7 Å². The molecule has 1 atom stereocenters. The van der Waals surface area contributed by atoms with Gasteiger partial charge in [0.05, 0.1) is 18.8 Å². The summed E-state index contributed by atoms with van der Waals surface area (Å²) in [5.41, 5.74) is 7.35. The molecule has 0 spiro atoms. The fraction of sp³-hybridized carbons (Fsp3) is 0.680. The minimum atomic E-state index is -1.06. The van der Waals surface area contributed by atoms with Gasteiger partial charge in [0.2, 0.25) is 0 Å². The summed E-state index contributed by atoms with van der Waals surface area (Å²) >= 11 is 0. The highest BCUT2D eigenvalue weighted by atomic mass is 16.5. The molecule has 1 aromatic rings. The zero-order valence-electron chi connectivity index (χ0n) is 20.9. The SMILES string of the molecule is CC(C)NC(=O)C(N)N(C(=N)c1cc(C(C)C)c(O)cc1O)C1CCC(N2CCOCC2)CC1. The lowest BCUT2D eigenvalue weighted by Crippen LogP contribution is -2.60. The Kier molecular flexibility index (Phi) is 8.78. The zero-order valence-corrected chi connectivity index (χ0v) is 20.9. The molecule has 3 rings (SSSR count). The standard InChI is InChI=1S/C25H41N5O4/c1-15(2)19-13-20(22(32)14-21(19)31)23(26)30(24(27)25(33)28-16(3)4)18-7-5-17(6-8-18)29-9-11-34-12-10-29/h13-18,24,26,31-32H,5-12,27H2,1-4H3,(H,28,33). The largest absolute Gasteiger partial charge is 0.508 e. The Morgan fingerprint density at radius 1 is 1.12 bits per heavy atom. The van der Waals surface area contributed by atoms with Crippen LogP contribution in [0.4, 0.5) is 0 Å². The Balaban J connectivity index is 1.86. The van der Waals surface area contributed by atoms with Crippen molar-refractivity contribution in [2.45, 2.75) is 83.6 Å². The number of amidine groups is 1. The average molecular weight is 476 g/mol. The Hall–Kier alpha value is -2.36. The summed E-state index contributed by atoms with van der Waals surface area (Å²) < 4.78 is 5.49. The number of carbonyl (C=O) groups is 1. The molecule has 0 radical (unpaired) electrons. The molecule has 9 nitrogen and oxygen atoms in total. The van der Waals surface area contributed by atoms with E-state index in [1.807, 2.05) is 27.7 Å². The van der Waals surface area contributed by atoms with Crippen LogP contribution in [0.2, 0.25) is 0 Å². The number of hydrogen-bond donors (Lipinski definition) is 5. The molecule has 1 amide bonds. The third kappa shape index (κ3) is 6.00. The summed E-state index contributed by atoms with van der Waals surface area (Å²) in [6, 6.07) is 3.19. The highest BCUT2D eigenvalue weighted by Crippen LogP contribution is 2.35. The van der Waals surface area contributed by atoms with Crippen molar-refractivity contribution in [1.82, 2.24) is 15.1 Å². The number of amides is 1. The van der Waals surface area contributed by atoms with Crippen molar-refractivity contribution in [2.24, 2.45) is 5.73 Å². The maximum Gasteiger partial charge on any atom is 0.257 e. The fourth-order valence-electron chi connectivity index (χ4n) is 5.07. The molecule has 9 heteroatoms. The summed E-state index contributed by atoms with van der Waals surface area (Å²) in [7, 11) is 0. The molecule has 2 aliphatic rings. The van der Waals surface area contributed by atoms with E-state index in [0.29, 0.717) is 11.6 Å². The minimum absolute atomic E-state index is 0.000582. The number of nitrogens with one attached hydrogen (secondary N) is 2. The monoisotopic (exact) mass is 475 g/mol. The van der Waals surface area contributed by atoms with E-state index in [4.69, 9.17) is 15.9 Å². The first-order chi connectivity index (χ1) is 16.1. The Bertz CT molecular complexity index is 861. The fourth-order valence-corrected chi connectivity index (χ4v) is 5.07. The van der Waals surface area contributed by atoms with E-state index >= 15 is 0 Å². The lowest BCUT2D eigenvalue weighted by molar-refractivity contribution is -0.126. The van der Waals surface area contributed by atoms with Crippen molar-refractivity contribution < 1.29 is 19.7 Å². The van der Waals surface area contributed by atoms with Crippen LogP contribution in [0.15, 0.2) is 12.1 Å². The van der Waals surface area contributed by atoms with Gasteiger partial charge in [-0.25, -0.2) is 0 Å². The molecule has 34 heavy (non-hydrogen) atoms. The van der Waals surface area contributed by atoms with Crippen LogP contribution in [-0.4, -0.2) is 82.4 Å². The van der Waals surface area contributed by atoms with Crippen LogP contribution in [0, 0.1) is 5.41 Å². The second kappa shape index (κ2) is 11.4. The van der Waals surface area contributed by atoms with Crippen molar-refractivity contribution in [3.63, 3.8) is 0 Å². The molecule has 1 saturated carbocycles. The van der Waals surface area contributed by atoms with Gasteiger partial charge >= 0.3 is 0 Å². The molecule has 6 N–H and O–H groups in total. The van der Waals surface area contributed by atoms with Gasteiger partial charge in [0, 0.05) is 37.3 Å². The molecule has 0 aromatic heterocycles. The first kappa shape index (κ1) is 26.2. The minimum Gasteiger partial charge on any atom is -0.508 e. The van der Waals surface area contributed by atoms with Gasteiger partial charge in [0.25, 0.3) is 5.91 Å². The van der Waals surface area contributed by atoms with E-state index < -0.39 is 6.17 Å². The summed E-state index contributed by atoms with van der Waals surface area (Å²) in [5, 5.41) is 32.7. The van der Waals surface area contributed by atoms with Crippen LogP contribution < -0.4 is 11.1 Å². The second-order valence-corrected chi connectivity index (χ2v) is 10.1. The van der Waals surface area contributed by atoms with Gasteiger partial charge in [0.1, 0.15) is 17.3 Å². The molecular weight excluding hydrogens is 434 g/mol. The first-order valence-corrected chi connectivity index (χ1v) is 12.4. The van der Waals surface area contributed by atoms with Crippen LogP contribution in [0.25, 0.3) is 0 Å². The van der Waals surface area contributed by atoms with Gasteiger partial charge in [-0.05, 0) is 57.1 Å². The number of benzene rings is 1. The molecule has 0 bridgehead atoms. The quantitative estimate of drug-likeness (QED) is 0.232. The predicted octanol–water partition coefficient (Wildman–Crippen LogP) is 2.30. The van der Waals surface area contributed by atoms with Gasteiger partial charge in [0.15, 0.2) is 6.17 Å². The average Bonchev–Trinajstić information content (AvgIpc) is 2.79. The van der Waals surface area contributed by atoms with Crippen molar-refractivity contribution in [2.75, 3.05) is 26.3 Å². The molecule has 1 saturated heterocycles. The van der Waals surface area contributed by atoms with Gasteiger partial charge in [-0.3, -0.25) is 15.1 Å². The summed E-state index contributed by atoms with van der Waals surface area (Å²) in [6.07, 6.45) is 2.43. The zero-order chi connectivity index (χ0) is 25.0. The van der Waals surface area contributed by atoms with Crippen LogP contribution in [0.5, 0.6) is 11.5 Å². The van der Waals surface area contributed by atoms with Gasteiger partial charge in [-0.2, -0.15) is 0 Å². The van der Waals surface area contributed by atoms with E-state index in [1.54, 1.807) is 11.0 Å². The number of carbonyl (C=O) groups excluding carboxylic acids is 1. The molecule has 190 valence electrons. The highest BCUT2D eigenvalue weighted by Gasteiger charge is 2.36. The molecule has 1 unspecified atom stereocenters. The number of ether oxygens (including phenoxy) is 1. The van der Waals surface area contributed by atoms with Crippen LogP contribution >= 0.6 is 0 Å². The molecule has 2 fully saturated rings. The van der Waals surface area contributed by atoms with E-state index in [2.05, 4.69) is 10.2 Å². The number of nitrogens with zero attached hydrogens (tertiary/aromatic N) is 2.